The Kier molecular flexibility index (Phi) is 5.99. The molecule has 0 saturated carbocycles. The van der Waals surface area contributed by atoms with E-state index in [-0.39, 0.29) is 17.5 Å². The fourth-order valence-corrected chi connectivity index (χ4v) is 3.55. The van der Waals surface area contributed by atoms with Crippen LogP contribution in [-0.2, 0) is 0 Å². The fourth-order valence-electron chi connectivity index (χ4n) is 3.55. The highest BCUT2D eigenvalue weighted by atomic mass is 19.1. The number of hydrogen-bond acceptors (Lipinski definition) is 6. The number of halogens is 1. The Morgan fingerprint density at radius 1 is 1.11 bits per heavy atom. The molecule has 150 valence electrons. The van der Waals surface area contributed by atoms with Crippen molar-refractivity contribution in [3.05, 3.63) is 57.9 Å². The molecule has 0 spiro atoms. The van der Waals surface area contributed by atoms with Crippen LogP contribution in [0.5, 0.6) is 11.5 Å². The van der Waals surface area contributed by atoms with E-state index in [9.17, 15) is 14.5 Å². The minimum atomic E-state index is -0.733. The highest BCUT2D eigenvalue weighted by Crippen LogP contribution is 2.35. The van der Waals surface area contributed by atoms with Gasteiger partial charge in [-0.3, -0.25) is 15.0 Å². The van der Waals surface area contributed by atoms with Gasteiger partial charge < -0.3 is 14.4 Å². The second-order valence-electron chi connectivity index (χ2n) is 6.71. The smallest absolute Gasteiger partial charge is 0.295 e. The molecule has 0 radical (unpaired) electrons. The Balaban J connectivity index is 1.75. The summed E-state index contributed by atoms with van der Waals surface area (Å²) in [6, 6.07) is 10.5. The third-order valence-corrected chi connectivity index (χ3v) is 5.22. The first-order valence-electron chi connectivity index (χ1n) is 9.09. The van der Waals surface area contributed by atoms with Crippen molar-refractivity contribution in [2.24, 2.45) is 0 Å². The summed E-state index contributed by atoms with van der Waals surface area (Å²) in [6.07, 6.45) is 0. The van der Waals surface area contributed by atoms with Crippen LogP contribution in [0.2, 0.25) is 0 Å². The predicted molar refractivity (Wildman–Crippen MR) is 105 cm³/mol. The van der Waals surface area contributed by atoms with Gasteiger partial charge in [0, 0.05) is 38.3 Å². The van der Waals surface area contributed by atoms with E-state index >= 15 is 0 Å². The monoisotopic (exact) mass is 389 g/mol. The Morgan fingerprint density at radius 2 is 1.82 bits per heavy atom. The second kappa shape index (κ2) is 8.43. The summed E-state index contributed by atoms with van der Waals surface area (Å²) in [5.41, 5.74) is 1.30. The van der Waals surface area contributed by atoms with Gasteiger partial charge in [-0.25, -0.2) is 4.39 Å². The van der Waals surface area contributed by atoms with Crippen LogP contribution in [0.1, 0.15) is 18.5 Å². The molecule has 1 unspecified atom stereocenters. The number of anilines is 1. The Hall–Kier alpha value is -2.87. The lowest BCUT2D eigenvalue weighted by atomic mass is 10.1. The molecule has 3 rings (SSSR count). The van der Waals surface area contributed by atoms with Crippen LogP contribution in [-0.4, -0.2) is 50.2 Å². The van der Waals surface area contributed by atoms with Crippen LogP contribution in [0, 0.1) is 15.9 Å². The summed E-state index contributed by atoms with van der Waals surface area (Å²) in [6.45, 7) is 4.80. The SMILES string of the molecule is COc1cccc(C(C)N2CCN(c3cc(OC)c(F)cc3[N+](=O)[O-])CC2)c1. The van der Waals surface area contributed by atoms with Gasteiger partial charge in [0.05, 0.1) is 25.2 Å². The van der Waals surface area contributed by atoms with Crippen LogP contribution in [0.4, 0.5) is 15.8 Å². The number of nitrogens with zero attached hydrogens (tertiary/aromatic N) is 3. The lowest BCUT2D eigenvalue weighted by molar-refractivity contribution is -0.384. The van der Waals surface area contributed by atoms with Crippen LogP contribution in [0.3, 0.4) is 0 Å². The zero-order valence-corrected chi connectivity index (χ0v) is 16.2. The van der Waals surface area contributed by atoms with Crippen molar-refractivity contribution in [3.63, 3.8) is 0 Å². The molecule has 1 aliphatic heterocycles. The maximum atomic E-state index is 13.9. The van der Waals surface area contributed by atoms with Crippen LogP contribution in [0.25, 0.3) is 0 Å². The summed E-state index contributed by atoms with van der Waals surface area (Å²) in [4.78, 5) is 15.1. The van der Waals surface area contributed by atoms with E-state index in [0.717, 1.165) is 30.5 Å². The van der Waals surface area contributed by atoms with E-state index in [1.807, 2.05) is 23.1 Å². The lowest BCUT2D eigenvalue weighted by Crippen LogP contribution is -2.47. The molecule has 1 fully saturated rings. The summed E-state index contributed by atoms with van der Waals surface area (Å²) in [5, 5.41) is 11.4. The van der Waals surface area contributed by atoms with Crippen molar-refractivity contribution in [1.82, 2.24) is 4.90 Å². The molecule has 1 atom stereocenters. The number of nitro benzene ring substituents is 1. The van der Waals surface area contributed by atoms with Crippen LogP contribution < -0.4 is 14.4 Å². The number of rotatable bonds is 6. The van der Waals surface area contributed by atoms with Gasteiger partial charge in [-0.1, -0.05) is 12.1 Å². The average molecular weight is 389 g/mol. The Morgan fingerprint density at radius 3 is 2.43 bits per heavy atom. The molecule has 0 bridgehead atoms. The van der Waals surface area contributed by atoms with Gasteiger partial charge in [0.25, 0.3) is 5.69 Å². The molecule has 7 nitrogen and oxygen atoms in total. The van der Waals surface area contributed by atoms with Crippen molar-refractivity contribution in [2.75, 3.05) is 45.3 Å². The lowest BCUT2D eigenvalue weighted by Gasteiger charge is -2.39. The van der Waals surface area contributed by atoms with E-state index in [4.69, 9.17) is 9.47 Å². The quantitative estimate of drug-likeness (QED) is 0.555. The van der Waals surface area contributed by atoms with E-state index in [1.54, 1.807) is 7.11 Å². The number of piperazine rings is 1. The molecule has 8 heteroatoms. The molecule has 1 heterocycles. The first-order valence-corrected chi connectivity index (χ1v) is 9.09. The summed E-state index contributed by atoms with van der Waals surface area (Å²) in [7, 11) is 2.99. The van der Waals surface area contributed by atoms with Gasteiger partial charge in [-0.15, -0.1) is 0 Å². The maximum absolute atomic E-state index is 13.9. The minimum absolute atomic E-state index is 0.00720. The minimum Gasteiger partial charge on any atom is -0.497 e. The van der Waals surface area contributed by atoms with E-state index in [1.165, 1.54) is 13.2 Å². The van der Waals surface area contributed by atoms with Crippen molar-refractivity contribution < 1.29 is 18.8 Å². The maximum Gasteiger partial charge on any atom is 0.295 e. The number of nitro groups is 1. The molecular weight excluding hydrogens is 365 g/mol. The number of methoxy groups -OCH3 is 2. The number of hydrogen-bond donors (Lipinski definition) is 0. The highest BCUT2D eigenvalue weighted by molar-refractivity contribution is 5.66. The topological polar surface area (TPSA) is 68.1 Å². The largest absolute Gasteiger partial charge is 0.497 e. The van der Waals surface area contributed by atoms with Crippen molar-refractivity contribution >= 4 is 11.4 Å². The Labute approximate surface area is 163 Å². The standard InChI is InChI=1S/C20H24FN3O4/c1-14(15-5-4-6-16(11-15)27-2)22-7-9-23(10-8-22)18-13-20(28-3)17(21)12-19(18)24(25)26/h4-6,11-14H,7-10H2,1-3H3. The normalized spacial score (nSPS) is 15.9. The molecule has 0 aliphatic carbocycles. The summed E-state index contributed by atoms with van der Waals surface area (Å²) < 4.78 is 24.2. The molecule has 28 heavy (non-hydrogen) atoms. The van der Waals surface area contributed by atoms with E-state index in [2.05, 4.69) is 17.9 Å². The zero-order valence-electron chi connectivity index (χ0n) is 16.2. The molecule has 2 aromatic rings. The molecule has 1 aliphatic rings. The van der Waals surface area contributed by atoms with Gasteiger partial charge in [0.2, 0.25) is 0 Å². The molecular formula is C20H24FN3O4. The van der Waals surface area contributed by atoms with Crippen molar-refractivity contribution in [1.29, 1.82) is 0 Å². The van der Waals surface area contributed by atoms with Crippen LogP contribution >= 0.6 is 0 Å². The average Bonchev–Trinajstić information content (AvgIpc) is 2.73. The van der Waals surface area contributed by atoms with Gasteiger partial charge in [0.15, 0.2) is 11.6 Å². The first-order chi connectivity index (χ1) is 13.4. The fraction of sp³-hybridized carbons (Fsp3) is 0.400. The summed E-state index contributed by atoms with van der Waals surface area (Å²) >= 11 is 0. The van der Waals surface area contributed by atoms with Gasteiger partial charge in [-0.2, -0.15) is 0 Å². The first kappa shape index (κ1) is 19.9. The van der Waals surface area contributed by atoms with Gasteiger partial charge >= 0.3 is 0 Å². The number of ether oxygens (including phenoxy) is 2. The van der Waals surface area contributed by atoms with Crippen molar-refractivity contribution in [3.8, 4) is 11.5 Å². The van der Waals surface area contributed by atoms with Crippen molar-refractivity contribution in [2.45, 2.75) is 13.0 Å². The third-order valence-electron chi connectivity index (χ3n) is 5.22. The second-order valence-corrected chi connectivity index (χ2v) is 6.71. The van der Waals surface area contributed by atoms with Gasteiger partial charge in [0.1, 0.15) is 11.4 Å². The van der Waals surface area contributed by atoms with Gasteiger partial charge in [-0.05, 0) is 24.6 Å². The number of benzene rings is 2. The summed E-state index contributed by atoms with van der Waals surface area (Å²) in [5.74, 6) is 0.0908. The molecule has 0 N–H and O–H groups in total. The molecule has 2 aromatic carbocycles. The molecule has 1 saturated heterocycles. The zero-order chi connectivity index (χ0) is 20.3. The van der Waals surface area contributed by atoms with E-state index < -0.39 is 10.7 Å². The third kappa shape index (κ3) is 4.01. The highest BCUT2D eigenvalue weighted by Gasteiger charge is 2.28. The predicted octanol–water partition coefficient (Wildman–Crippen LogP) is 3.63. The van der Waals surface area contributed by atoms with Crippen LogP contribution in [0.15, 0.2) is 36.4 Å². The van der Waals surface area contributed by atoms with E-state index in [0.29, 0.717) is 18.8 Å². The molecule has 0 aromatic heterocycles. The molecule has 0 amide bonds. The Bertz CT molecular complexity index is 853.